The van der Waals surface area contributed by atoms with Crippen LogP contribution in [-0.2, 0) is 6.54 Å². The Labute approximate surface area is 163 Å². The van der Waals surface area contributed by atoms with E-state index in [1.54, 1.807) is 0 Å². The minimum atomic E-state index is 0. The van der Waals surface area contributed by atoms with Crippen LogP contribution in [-0.4, -0.2) is 62.6 Å². The molecule has 5 nitrogen and oxygen atoms in total. The summed E-state index contributed by atoms with van der Waals surface area (Å²) < 4.78 is 5.80. The van der Waals surface area contributed by atoms with Gasteiger partial charge in [-0.25, -0.2) is 4.99 Å². The van der Waals surface area contributed by atoms with E-state index >= 15 is 0 Å². The summed E-state index contributed by atoms with van der Waals surface area (Å²) in [4.78, 5) is 9.25. The van der Waals surface area contributed by atoms with Crippen molar-refractivity contribution in [3.05, 3.63) is 29.8 Å². The van der Waals surface area contributed by atoms with Crippen LogP contribution in [0.1, 0.15) is 25.3 Å². The van der Waals surface area contributed by atoms with E-state index in [9.17, 15) is 0 Å². The molecule has 0 saturated carbocycles. The fraction of sp³-hybridized carbons (Fsp3) is 0.611. The van der Waals surface area contributed by atoms with Gasteiger partial charge in [0, 0.05) is 26.2 Å². The first-order chi connectivity index (χ1) is 11.2. The predicted molar refractivity (Wildman–Crippen MR) is 112 cm³/mol. The lowest BCUT2D eigenvalue weighted by Crippen LogP contribution is -2.39. The van der Waals surface area contributed by atoms with Crippen LogP contribution in [0.15, 0.2) is 29.3 Å². The Morgan fingerprint density at radius 1 is 1.29 bits per heavy atom. The van der Waals surface area contributed by atoms with Crippen LogP contribution >= 0.6 is 24.0 Å². The van der Waals surface area contributed by atoms with Gasteiger partial charge >= 0.3 is 0 Å². The number of hydrogen-bond donors (Lipinski definition) is 1. The van der Waals surface area contributed by atoms with E-state index in [2.05, 4.69) is 48.3 Å². The molecular weight excluding hydrogens is 415 g/mol. The maximum absolute atomic E-state index is 5.80. The van der Waals surface area contributed by atoms with Gasteiger partial charge in [0.05, 0.1) is 6.54 Å². The minimum absolute atomic E-state index is 0. The molecule has 0 spiro atoms. The lowest BCUT2D eigenvalue weighted by atomic mass is 10.2. The van der Waals surface area contributed by atoms with Crippen molar-refractivity contribution in [1.82, 2.24) is 15.1 Å². The van der Waals surface area contributed by atoms with Gasteiger partial charge in [0.1, 0.15) is 12.4 Å². The lowest BCUT2D eigenvalue weighted by molar-refractivity contribution is 0.261. The molecule has 1 fully saturated rings. The molecule has 136 valence electrons. The number of nitrogens with zero attached hydrogens (tertiary/aromatic N) is 3. The average Bonchev–Trinajstić information content (AvgIpc) is 3.06. The van der Waals surface area contributed by atoms with Crippen molar-refractivity contribution in [2.45, 2.75) is 26.3 Å². The fourth-order valence-corrected chi connectivity index (χ4v) is 2.60. The van der Waals surface area contributed by atoms with E-state index in [-0.39, 0.29) is 24.0 Å². The quantitative estimate of drug-likeness (QED) is 0.397. The second-order valence-electron chi connectivity index (χ2n) is 6.16. The van der Waals surface area contributed by atoms with Gasteiger partial charge < -0.3 is 19.9 Å². The molecule has 0 radical (unpaired) electrons. The third kappa shape index (κ3) is 7.25. The number of aliphatic imine (C=N–C) groups is 1. The van der Waals surface area contributed by atoms with E-state index in [0.29, 0.717) is 13.2 Å². The number of hydrogen-bond acceptors (Lipinski definition) is 3. The molecule has 1 N–H and O–H groups in total. The molecule has 0 amide bonds. The second-order valence-corrected chi connectivity index (χ2v) is 6.16. The molecule has 0 unspecified atom stereocenters. The average molecular weight is 446 g/mol. The summed E-state index contributed by atoms with van der Waals surface area (Å²) in [6.07, 6.45) is 2.53. The van der Waals surface area contributed by atoms with Crippen molar-refractivity contribution >= 4 is 29.9 Å². The molecule has 1 saturated heterocycles. The van der Waals surface area contributed by atoms with Gasteiger partial charge in [-0.15, -0.1) is 24.0 Å². The Morgan fingerprint density at radius 3 is 2.71 bits per heavy atom. The van der Waals surface area contributed by atoms with Gasteiger partial charge in [0.2, 0.25) is 0 Å². The molecule has 24 heavy (non-hydrogen) atoms. The van der Waals surface area contributed by atoms with Gasteiger partial charge in [-0.2, -0.15) is 0 Å². The molecular formula is C18H31IN4O. The molecule has 0 aliphatic carbocycles. The molecule has 1 aromatic rings. The Bertz CT molecular complexity index is 502. The van der Waals surface area contributed by atoms with Crippen LogP contribution in [0.5, 0.6) is 5.75 Å². The molecule has 1 aromatic carbocycles. The zero-order chi connectivity index (χ0) is 16.5. The molecule has 0 aromatic heterocycles. The zero-order valence-electron chi connectivity index (χ0n) is 15.1. The van der Waals surface area contributed by atoms with E-state index in [0.717, 1.165) is 37.9 Å². The number of guanidine groups is 1. The maximum Gasteiger partial charge on any atom is 0.194 e. The molecule has 1 aliphatic heterocycles. The highest BCUT2D eigenvalue weighted by atomic mass is 127. The standard InChI is InChI=1S/C18H30N4O.HI/c1-4-19-18(22-10-5-6-11-22)20-15-16-8-7-9-17(14-16)23-13-12-21(2)3;/h7-9,14H,4-6,10-13,15H2,1-3H3,(H,19,20);1H. The van der Waals surface area contributed by atoms with Gasteiger partial charge in [0.15, 0.2) is 5.96 Å². The Kier molecular flexibility index (Phi) is 10.1. The Morgan fingerprint density at radius 2 is 2.04 bits per heavy atom. The summed E-state index contributed by atoms with van der Waals surface area (Å²) in [7, 11) is 4.10. The number of rotatable bonds is 7. The topological polar surface area (TPSA) is 40.1 Å². The van der Waals surface area contributed by atoms with E-state index in [1.165, 1.54) is 18.4 Å². The van der Waals surface area contributed by atoms with Crippen LogP contribution in [0.25, 0.3) is 0 Å². The molecule has 6 heteroatoms. The minimum Gasteiger partial charge on any atom is -0.492 e. The summed E-state index contributed by atoms with van der Waals surface area (Å²) in [5.74, 6) is 1.95. The summed E-state index contributed by atoms with van der Waals surface area (Å²) in [6.45, 7) is 7.55. The van der Waals surface area contributed by atoms with Gasteiger partial charge in [0.25, 0.3) is 0 Å². The molecule has 0 atom stereocenters. The highest BCUT2D eigenvalue weighted by molar-refractivity contribution is 14.0. The number of likely N-dealkylation sites (N-methyl/N-ethyl adjacent to an activating group) is 1. The normalized spacial score (nSPS) is 14.7. The first-order valence-electron chi connectivity index (χ1n) is 8.58. The zero-order valence-corrected chi connectivity index (χ0v) is 17.5. The van der Waals surface area contributed by atoms with Crippen molar-refractivity contribution < 1.29 is 4.74 Å². The number of halogens is 1. The molecule has 0 bridgehead atoms. The Hall–Kier alpha value is -1.02. The first-order valence-corrected chi connectivity index (χ1v) is 8.58. The van der Waals surface area contributed by atoms with E-state index in [1.807, 2.05) is 12.1 Å². The monoisotopic (exact) mass is 446 g/mol. The number of ether oxygens (including phenoxy) is 1. The molecule has 1 aliphatic rings. The Balaban J connectivity index is 0.00000288. The van der Waals surface area contributed by atoms with E-state index in [4.69, 9.17) is 9.73 Å². The predicted octanol–water partition coefficient (Wildman–Crippen LogP) is 2.81. The third-order valence-electron chi connectivity index (χ3n) is 3.86. The summed E-state index contributed by atoms with van der Waals surface area (Å²) in [5, 5.41) is 3.40. The number of nitrogens with one attached hydrogen (secondary N) is 1. The van der Waals surface area contributed by atoms with Crippen LogP contribution in [0.4, 0.5) is 0 Å². The summed E-state index contributed by atoms with van der Waals surface area (Å²) in [5.41, 5.74) is 1.18. The fourth-order valence-electron chi connectivity index (χ4n) is 2.60. The van der Waals surface area contributed by atoms with Gasteiger partial charge in [-0.1, -0.05) is 12.1 Å². The SMILES string of the molecule is CCNC(=NCc1cccc(OCCN(C)C)c1)N1CCCC1.I. The van der Waals surface area contributed by atoms with Gasteiger partial charge in [-0.3, -0.25) is 0 Å². The van der Waals surface area contributed by atoms with Crippen LogP contribution in [0.3, 0.4) is 0 Å². The lowest BCUT2D eigenvalue weighted by Gasteiger charge is -2.20. The van der Waals surface area contributed by atoms with Crippen molar-refractivity contribution in [3.63, 3.8) is 0 Å². The van der Waals surface area contributed by atoms with Crippen LogP contribution in [0.2, 0.25) is 0 Å². The second kappa shape index (κ2) is 11.5. The smallest absolute Gasteiger partial charge is 0.194 e. The van der Waals surface area contributed by atoms with Crippen LogP contribution < -0.4 is 10.1 Å². The highest BCUT2D eigenvalue weighted by Crippen LogP contribution is 2.15. The van der Waals surface area contributed by atoms with E-state index < -0.39 is 0 Å². The third-order valence-corrected chi connectivity index (χ3v) is 3.86. The largest absolute Gasteiger partial charge is 0.492 e. The molecule has 1 heterocycles. The van der Waals surface area contributed by atoms with Gasteiger partial charge in [-0.05, 0) is 51.6 Å². The number of likely N-dealkylation sites (tertiary alicyclic amines) is 1. The van der Waals surface area contributed by atoms with Crippen molar-refractivity contribution in [1.29, 1.82) is 0 Å². The van der Waals surface area contributed by atoms with Crippen molar-refractivity contribution in [2.24, 2.45) is 4.99 Å². The summed E-state index contributed by atoms with van der Waals surface area (Å²) in [6, 6.07) is 8.25. The van der Waals surface area contributed by atoms with Crippen LogP contribution in [0, 0.1) is 0 Å². The summed E-state index contributed by atoms with van der Waals surface area (Å²) >= 11 is 0. The first kappa shape index (κ1) is 21.0. The molecule has 2 rings (SSSR count). The van der Waals surface area contributed by atoms with Crippen molar-refractivity contribution in [3.8, 4) is 5.75 Å². The van der Waals surface area contributed by atoms with Crippen molar-refractivity contribution in [2.75, 3.05) is 46.9 Å². The number of benzene rings is 1. The maximum atomic E-state index is 5.80. The highest BCUT2D eigenvalue weighted by Gasteiger charge is 2.15.